The van der Waals surface area contributed by atoms with Crippen molar-refractivity contribution in [3.8, 4) is 17.1 Å². The van der Waals surface area contributed by atoms with Gasteiger partial charge in [0.2, 0.25) is 5.82 Å². The molecule has 0 atom stereocenters. The number of carboxylic acids is 1. The number of benzene rings is 3. The lowest BCUT2D eigenvalue weighted by Gasteiger charge is -2.13. The van der Waals surface area contributed by atoms with Crippen molar-refractivity contribution in [1.82, 2.24) is 30.0 Å². The summed E-state index contributed by atoms with van der Waals surface area (Å²) >= 11 is 0. The molecule has 0 radical (unpaired) electrons. The molecule has 1 saturated carbocycles. The third kappa shape index (κ3) is 5.78. The van der Waals surface area contributed by atoms with Crippen molar-refractivity contribution < 1.29 is 24.2 Å². The van der Waals surface area contributed by atoms with E-state index < -0.39 is 12.1 Å². The molecule has 3 aromatic carbocycles. The monoisotopic (exact) mass is 567 g/mol. The summed E-state index contributed by atoms with van der Waals surface area (Å²) in [7, 11) is 1.59. The van der Waals surface area contributed by atoms with Crippen LogP contribution in [0, 0.1) is 0 Å². The van der Waals surface area contributed by atoms with Gasteiger partial charge in [-0.3, -0.25) is 10.00 Å². The number of amides is 1. The summed E-state index contributed by atoms with van der Waals surface area (Å²) in [6.07, 6.45) is 5.33. The number of nitrogens with zero attached hydrogens (tertiary/aromatic N) is 6. The van der Waals surface area contributed by atoms with Crippen molar-refractivity contribution in [1.29, 1.82) is 0 Å². The van der Waals surface area contributed by atoms with Gasteiger partial charge in [-0.1, -0.05) is 30.3 Å². The number of rotatable bonds is 9. The second-order valence-corrected chi connectivity index (χ2v) is 10.1. The Hall–Kier alpha value is -5.26. The first-order valence-corrected chi connectivity index (χ1v) is 13.7. The number of hydrogen-bond acceptors (Lipinski definition) is 8. The van der Waals surface area contributed by atoms with Gasteiger partial charge >= 0.3 is 12.1 Å². The number of methoxy groups -OCH3 is 1. The van der Waals surface area contributed by atoms with Gasteiger partial charge in [-0.2, -0.15) is 9.90 Å². The van der Waals surface area contributed by atoms with Crippen LogP contribution in [0.15, 0.2) is 66.9 Å². The molecule has 2 N–H and O–H groups in total. The SMILES string of the molecule is COc1cc(-c2nnn(Cc3ccccc3C(=O)O)n2)ccc1Cn1ncc2ccc(NC(=O)OC3CCCC3)cc21. The predicted octanol–water partition coefficient (Wildman–Crippen LogP) is 4.98. The van der Waals surface area contributed by atoms with Gasteiger partial charge in [0.05, 0.1) is 37.5 Å². The van der Waals surface area contributed by atoms with Crippen LogP contribution in [0.1, 0.15) is 47.2 Å². The molecule has 214 valence electrons. The highest BCUT2D eigenvalue weighted by Gasteiger charge is 2.20. The van der Waals surface area contributed by atoms with E-state index in [4.69, 9.17) is 9.47 Å². The number of anilines is 1. The van der Waals surface area contributed by atoms with Gasteiger partial charge in [0.25, 0.3) is 0 Å². The van der Waals surface area contributed by atoms with Crippen LogP contribution in [0.5, 0.6) is 5.75 Å². The molecule has 1 amide bonds. The number of ether oxygens (including phenoxy) is 2. The molecule has 6 rings (SSSR count). The number of carbonyl (C=O) groups excluding carboxylic acids is 1. The van der Waals surface area contributed by atoms with Gasteiger partial charge in [0.15, 0.2) is 0 Å². The first-order chi connectivity index (χ1) is 20.5. The van der Waals surface area contributed by atoms with Gasteiger partial charge in [-0.05, 0) is 66.8 Å². The van der Waals surface area contributed by atoms with Crippen molar-refractivity contribution in [2.24, 2.45) is 0 Å². The van der Waals surface area contributed by atoms with Crippen LogP contribution in [-0.4, -0.2) is 60.4 Å². The number of hydrogen-bond donors (Lipinski definition) is 2. The Morgan fingerprint density at radius 3 is 2.67 bits per heavy atom. The van der Waals surface area contributed by atoms with Crippen LogP contribution in [-0.2, 0) is 17.8 Å². The number of tetrazole rings is 1. The lowest BCUT2D eigenvalue weighted by molar-refractivity contribution is 0.0695. The summed E-state index contributed by atoms with van der Waals surface area (Å²) in [6.45, 7) is 0.598. The van der Waals surface area contributed by atoms with Crippen molar-refractivity contribution in [2.75, 3.05) is 12.4 Å². The minimum absolute atomic E-state index is 0.0110. The Morgan fingerprint density at radius 2 is 1.86 bits per heavy atom. The number of aromatic nitrogens is 6. The van der Waals surface area contributed by atoms with Crippen molar-refractivity contribution in [2.45, 2.75) is 44.9 Å². The number of aromatic carboxylic acids is 1. The van der Waals surface area contributed by atoms with Gasteiger partial charge in [-0.15, -0.1) is 10.2 Å². The summed E-state index contributed by atoms with van der Waals surface area (Å²) in [5, 5.41) is 30.5. The first kappa shape index (κ1) is 26.9. The lowest BCUT2D eigenvalue weighted by atomic mass is 10.1. The molecular formula is C30H29N7O5. The normalized spacial score (nSPS) is 13.4. The van der Waals surface area contributed by atoms with E-state index >= 15 is 0 Å². The molecular weight excluding hydrogens is 538 g/mol. The summed E-state index contributed by atoms with van der Waals surface area (Å²) in [6, 6.07) is 18.0. The Labute approximate surface area is 240 Å². The fraction of sp³-hybridized carbons (Fsp3) is 0.267. The maximum Gasteiger partial charge on any atom is 0.411 e. The Bertz CT molecular complexity index is 1760. The minimum atomic E-state index is -1.01. The topological polar surface area (TPSA) is 146 Å². The van der Waals surface area contributed by atoms with E-state index in [1.165, 1.54) is 4.80 Å². The largest absolute Gasteiger partial charge is 0.496 e. The average molecular weight is 568 g/mol. The second kappa shape index (κ2) is 11.7. The molecule has 1 aliphatic carbocycles. The van der Waals surface area contributed by atoms with Crippen LogP contribution in [0.25, 0.3) is 22.3 Å². The Balaban J connectivity index is 1.18. The van der Waals surface area contributed by atoms with Crippen LogP contribution in [0.3, 0.4) is 0 Å². The molecule has 2 aromatic heterocycles. The summed E-state index contributed by atoms with van der Waals surface area (Å²) in [5.41, 5.74) is 3.84. The molecule has 42 heavy (non-hydrogen) atoms. The van der Waals surface area contributed by atoms with Crippen LogP contribution < -0.4 is 10.1 Å². The second-order valence-electron chi connectivity index (χ2n) is 10.1. The maximum atomic E-state index is 12.4. The van der Waals surface area contributed by atoms with E-state index in [1.54, 1.807) is 37.6 Å². The van der Waals surface area contributed by atoms with Crippen LogP contribution >= 0.6 is 0 Å². The molecule has 12 nitrogen and oxygen atoms in total. The smallest absolute Gasteiger partial charge is 0.411 e. The molecule has 1 aliphatic rings. The van der Waals surface area contributed by atoms with Gasteiger partial charge in [-0.25, -0.2) is 9.59 Å². The number of carbonyl (C=O) groups is 2. The predicted molar refractivity (Wildman–Crippen MR) is 154 cm³/mol. The molecule has 0 unspecified atom stereocenters. The third-order valence-electron chi connectivity index (χ3n) is 7.34. The molecule has 0 saturated heterocycles. The fourth-order valence-corrected chi connectivity index (χ4v) is 5.20. The van der Waals surface area contributed by atoms with E-state index in [-0.39, 0.29) is 18.2 Å². The molecule has 2 heterocycles. The van der Waals surface area contributed by atoms with Crippen molar-refractivity contribution in [3.63, 3.8) is 0 Å². The standard InChI is InChI=1S/C30H29N7O5/c1-41-27-14-19(28-33-35-37(34-28)18-21-6-2-5-9-25(21)29(38)39)10-11-22(27)17-36-26-15-23(13-12-20(26)16-31-36)32-30(40)42-24-7-3-4-8-24/h2,5-6,9-16,24H,3-4,7-8,17-18H2,1H3,(H,32,40)(H,38,39). The van der Waals surface area contributed by atoms with E-state index in [1.807, 2.05) is 41.1 Å². The van der Waals surface area contributed by atoms with Crippen molar-refractivity contribution in [3.05, 3.63) is 83.6 Å². The van der Waals surface area contributed by atoms with Gasteiger partial charge in [0, 0.05) is 22.2 Å². The quantitative estimate of drug-likeness (QED) is 0.252. The Kier molecular flexibility index (Phi) is 7.50. The Morgan fingerprint density at radius 1 is 1.02 bits per heavy atom. The van der Waals surface area contributed by atoms with Crippen LogP contribution in [0.2, 0.25) is 0 Å². The lowest BCUT2D eigenvalue weighted by Crippen LogP contribution is -2.20. The molecule has 0 aliphatic heterocycles. The number of fused-ring (bicyclic) bond motifs is 1. The zero-order valence-electron chi connectivity index (χ0n) is 22.9. The molecule has 0 bridgehead atoms. The first-order valence-electron chi connectivity index (χ1n) is 13.7. The molecule has 5 aromatic rings. The third-order valence-corrected chi connectivity index (χ3v) is 7.34. The fourth-order valence-electron chi connectivity index (χ4n) is 5.20. The molecule has 0 spiro atoms. The average Bonchev–Trinajstić information content (AvgIpc) is 3.76. The van der Waals surface area contributed by atoms with Gasteiger partial charge in [0.1, 0.15) is 11.9 Å². The van der Waals surface area contributed by atoms with Crippen molar-refractivity contribution >= 4 is 28.7 Å². The summed E-state index contributed by atoms with van der Waals surface area (Å²) in [4.78, 5) is 25.3. The van der Waals surface area contributed by atoms with E-state index in [9.17, 15) is 14.7 Å². The number of nitrogens with one attached hydrogen (secondary N) is 1. The highest BCUT2D eigenvalue weighted by atomic mass is 16.6. The highest BCUT2D eigenvalue weighted by molar-refractivity contribution is 5.90. The summed E-state index contributed by atoms with van der Waals surface area (Å²) < 4.78 is 13.1. The summed E-state index contributed by atoms with van der Waals surface area (Å²) in [5.74, 6) is 0.00100. The molecule has 1 fully saturated rings. The van der Waals surface area contributed by atoms with E-state index in [2.05, 4.69) is 25.8 Å². The van der Waals surface area contributed by atoms with Gasteiger partial charge < -0.3 is 14.6 Å². The van der Waals surface area contributed by atoms with E-state index in [0.717, 1.165) is 42.1 Å². The van der Waals surface area contributed by atoms with Crippen LogP contribution in [0.4, 0.5) is 10.5 Å². The van der Waals surface area contributed by atoms with E-state index in [0.29, 0.717) is 34.9 Å². The maximum absolute atomic E-state index is 12.4. The highest BCUT2D eigenvalue weighted by Crippen LogP contribution is 2.28. The zero-order chi connectivity index (χ0) is 29.1. The number of carboxylic acid groups (broad SMARTS) is 1. The molecule has 12 heteroatoms. The minimum Gasteiger partial charge on any atom is -0.496 e. The zero-order valence-corrected chi connectivity index (χ0v) is 22.9.